The Kier molecular flexibility index (Phi) is 3.54. The molecule has 0 aliphatic carbocycles. The Morgan fingerprint density at radius 3 is 2.80 bits per heavy atom. The minimum Gasteiger partial charge on any atom is -0.495 e. The van der Waals surface area contributed by atoms with Crippen LogP contribution >= 0.6 is 11.3 Å². The summed E-state index contributed by atoms with van der Waals surface area (Å²) < 4.78 is 6.68. The fraction of sp³-hybridized carbons (Fsp3) is 0.500. The molecular formula is C14H20N4OS. The van der Waals surface area contributed by atoms with E-state index in [0.717, 1.165) is 39.8 Å². The molecule has 2 heterocycles. The molecule has 1 fully saturated rings. The van der Waals surface area contributed by atoms with Gasteiger partial charge in [0.05, 0.1) is 23.0 Å². The van der Waals surface area contributed by atoms with Crippen LogP contribution in [-0.4, -0.2) is 50.2 Å². The average molecular weight is 292 g/mol. The van der Waals surface area contributed by atoms with Crippen molar-refractivity contribution in [3.8, 4) is 5.75 Å². The fourth-order valence-corrected chi connectivity index (χ4v) is 3.32. The van der Waals surface area contributed by atoms with E-state index in [1.165, 1.54) is 0 Å². The van der Waals surface area contributed by atoms with Crippen molar-refractivity contribution in [2.24, 2.45) is 5.73 Å². The minimum absolute atomic E-state index is 0.489. The minimum atomic E-state index is 0.489. The molecule has 5 nitrogen and oxygen atoms in total. The van der Waals surface area contributed by atoms with Gasteiger partial charge in [0.1, 0.15) is 10.8 Å². The number of nitrogens with two attached hydrogens (primary N) is 1. The molecule has 1 aromatic carbocycles. The highest BCUT2D eigenvalue weighted by molar-refractivity contribution is 7.18. The molecule has 1 aliphatic rings. The second kappa shape index (κ2) is 5.20. The Balaban J connectivity index is 1.93. The summed E-state index contributed by atoms with van der Waals surface area (Å²) >= 11 is 1.64. The van der Waals surface area contributed by atoms with Crippen LogP contribution in [0.25, 0.3) is 10.2 Å². The lowest BCUT2D eigenvalue weighted by Gasteiger charge is -2.44. The van der Waals surface area contributed by atoms with Gasteiger partial charge in [-0.3, -0.25) is 0 Å². The molecule has 0 spiro atoms. The lowest BCUT2D eigenvalue weighted by molar-refractivity contribution is 0.246. The van der Waals surface area contributed by atoms with E-state index in [2.05, 4.69) is 41.0 Å². The predicted octanol–water partition coefficient (Wildman–Crippen LogP) is 1.51. The molecule has 1 saturated heterocycles. The smallest absolute Gasteiger partial charge is 0.143 e. The zero-order valence-electron chi connectivity index (χ0n) is 12.1. The van der Waals surface area contributed by atoms with Gasteiger partial charge < -0.3 is 20.3 Å². The van der Waals surface area contributed by atoms with Gasteiger partial charge in [-0.25, -0.2) is 4.98 Å². The van der Waals surface area contributed by atoms with E-state index in [1.807, 2.05) is 0 Å². The third-order valence-electron chi connectivity index (χ3n) is 3.84. The van der Waals surface area contributed by atoms with Crippen molar-refractivity contribution in [3.63, 3.8) is 0 Å². The van der Waals surface area contributed by atoms with E-state index in [9.17, 15) is 0 Å². The maximum Gasteiger partial charge on any atom is 0.143 e. The Hall–Kier alpha value is -1.37. The number of likely N-dealkylation sites (N-methyl/N-ethyl adjacent to an activating group) is 1. The van der Waals surface area contributed by atoms with Gasteiger partial charge in [0, 0.05) is 31.7 Å². The Bertz CT molecular complexity index is 619. The van der Waals surface area contributed by atoms with E-state index >= 15 is 0 Å². The molecule has 2 N–H and O–H groups in total. The number of thiazole rings is 1. The van der Waals surface area contributed by atoms with Gasteiger partial charge in [0.15, 0.2) is 0 Å². The van der Waals surface area contributed by atoms with E-state index in [4.69, 9.17) is 10.5 Å². The van der Waals surface area contributed by atoms with Gasteiger partial charge in [-0.2, -0.15) is 0 Å². The van der Waals surface area contributed by atoms with Crippen molar-refractivity contribution in [2.75, 3.05) is 39.2 Å². The molecule has 0 saturated carbocycles. The number of fused-ring (bicyclic) bond motifs is 1. The molecule has 1 aliphatic heterocycles. The molecule has 0 bridgehead atoms. The van der Waals surface area contributed by atoms with Gasteiger partial charge in [-0.1, -0.05) is 0 Å². The van der Waals surface area contributed by atoms with Crippen molar-refractivity contribution in [3.05, 3.63) is 17.1 Å². The normalized spacial score (nSPS) is 15.9. The van der Waals surface area contributed by atoms with E-state index in [0.29, 0.717) is 12.6 Å². The zero-order valence-corrected chi connectivity index (χ0v) is 12.9. The monoisotopic (exact) mass is 292 g/mol. The number of hydrogen-bond acceptors (Lipinski definition) is 6. The molecular weight excluding hydrogens is 272 g/mol. The zero-order chi connectivity index (χ0) is 14.3. The van der Waals surface area contributed by atoms with Crippen molar-refractivity contribution in [2.45, 2.75) is 12.6 Å². The number of methoxy groups -OCH3 is 1. The molecule has 2 aromatic rings. The van der Waals surface area contributed by atoms with Crippen LogP contribution < -0.4 is 15.4 Å². The standard InChI is InChI=1S/C14H20N4OS/c1-17(2)9-7-18(8-9)11-4-10-13(5-12(11)19-3)20-14(6-15)16-10/h4-5,9H,6-8,15H2,1-3H3. The molecule has 0 amide bonds. The van der Waals surface area contributed by atoms with Crippen LogP contribution in [0.1, 0.15) is 5.01 Å². The molecule has 108 valence electrons. The van der Waals surface area contributed by atoms with Crippen molar-refractivity contribution in [1.82, 2.24) is 9.88 Å². The van der Waals surface area contributed by atoms with E-state index in [1.54, 1.807) is 18.4 Å². The summed E-state index contributed by atoms with van der Waals surface area (Å²) in [5, 5.41) is 0.967. The van der Waals surface area contributed by atoms with Crippen LogP contribution in [0, 0.1) is 0 Å². The Morgan fingerprint density at radius 1 is 1.45 bits per heavy atom. The summed E-state index contributed by atoms with van der Waals surface area (Å²) in [6.07, 6.45) is 0. The fourth-order valence-electron chi connectivity index (χ4n) is 2.47. The van der Waals surface area contributed by atoms with Crippen LogP contribution in [-0.2, 0) is 6.54 Å². The van der Waals surface area contributed by atoms with Gasteiger partial charge in [-0.05, 0) is 20.2 Å². The highest BCUT2D eigenvalue weighted by atomic mass is 32.1. The average Bonchev–Trinajstić information content (AvgIpc) is 2.77. The van der Waals surface area contributed by atoms with E-state index in [-0.39, 0.29) is 0 Å². The van der Waals surface area contributed by atoms with Crippen LogP contribution in [0.4, 0.5) is 5.69 Å². The first-order valence-electron chi connectivity index (χ1n) is 6.71. The first-order chi connectivity index (χ1) is 9.62. The topological polar surface area (TPSA) is 54.6 Å². The maximum absolute atomic E-state index is 5.67. The molecule has 0 unspecified atom stereocenters. The van der Waals surface area contributed by atoms with Gasteiger partial charge in [0.25, 0.3) is 0 Å². The molecule has 20 heavy (non-hydrogen) atoms. The molecule has 0 radical (unpaired) electrons. The third kappa shape index (κ3) is 2.24. The number of aromatic nitrogens is 1. The highest BCUT2D eigenvalue weighted by Gasteiger charge is 2.30. The maximum atomic E-state index is 5.67. The number of benzene rings is 1. The van der Waals surface area contributed by atoms with E-state index < -0.39 is 0 Å². The molecule has 3 rings (SSSR count). The van der Waals surface area contributed by atoms with Crippen LogP contribution in [0.5, 0.6) is 5.75 Å². The van der Waals surface area contributed by atoms with Crippen LogP contribution in [0.3, 0.4) is 0 Å². The summed E-state index contributed by atoms with van der Waals surface area (Å²) in [5.41, 5.74) is 7.82. The summed E-state index contributed by atoms with van der Waals surface area (Å²) in [7, 11) is 5.96. The second-order valence-electron chi connectivity index (χ2n) is 5.33. The second-order valence-corrected chi connectivity index (χ2v) is 6.44. The number of ether oxygens (including phenoxy) is 1. The Morgan fingerprint density at radius 2 is 2.20 bits per heavy atom. The van der Waals surface area contributed by atoms with Crippen molar-refractivity contribution >= 4 is 27.2 Å². The predicted molar refractivity (Wildman–Crippen MR) is 83.8 cm³/mol. The van der Waals surface area contributed by atoms with Gasteiger partial charge in [-0.15, -0.1) is 11.3 Å². The number of rotatable bonds is 4. The quantitative estimate of drug-likeness (QED) is 0.926. The molecule has 1 aromatic heterocycles. The lowest BCUT2D eigenvalue weighted by Crippen LogP contribution is -2.57. The van der Waals surface area contributed by atoms with Gasteiger partial charge >= 0.3 is 0 Å². The molecule has 6 heteroatoms. The van der Waals surface area contributed by atoms with Gasteiger partial charge in [0.2, 0.25) is 0 Å². The van der Waals surface area contributed by atoms with Crippen LogP contribution in [0.2, 0.25) is 0 Å². The van der Waals surface area contributed by atoms with Crippen LogP contribution in [0.15, 0.2) is 12.1 Å². The first kappa shape index (κ1) is 13.6. The number of anilines is 1. The summed E-state index contributed by atoms with van der Waals surface area (Å²) in [5.74, 6) is 0.918. The van der Waals surface area contributed by atoms with Crippen molar-refractivity contribution in [1.29, 1.82) is 0 Å². The largest absolute Gasteiger partial charge is 0.495 e. The number of nitrogens with zero attached hydrogens (tertiary/aromatic N) is 3. The first-order valence-corrected chi connectivity index (χ1v) is 7.53. The summed E-state index contributed by atoms with van der Waals surface area (Å²) in [4.78, 5) is 9.16. The summed E-state index contributed by atoms with van der Waals surface area (Å²) in [6.45, 7) is 2.55. The third-order valence-corrected chi connectivity index (χ3v) is 4.88. The number of hydrogen-bond donors (Lipinski definition) is 1. The SMILES string of the molecule is COc1cc2sc(CN)nc2cc1N1CC(N(C)C)C1. The molecule has 0 atom stereocenters. The lowest BCUT2D eigenvalue weighted by atomic mass is 10.1. The summed E-state index contributed by atoms with van der Waals surface area (Å²) in [6, 6.07) is 4.81. The Labute approximate surface area is 122 Å². The highest BCUT2D eigenvalue weighted by Crippen LogP contribution is 2.37. The van der Waals surface area contributed by atoms with Crippen molar-refractivity contribution < 1.29 is 4.74 Å².